The molecule has 0 radical (unpaired) electrons. The molecule has 0 spiro atoms. The second kappa shape index (κ2) is 4.06. The molecule has 2 rings (SSSR count). The Labute approximate surface area is 94.3 Å². The molecule has 72 valence electrons. The molecule has 0 saturated carbocycles. The summed E-state index contributed by atoms with van der Waals surface area (Å²) in [5.41, 5.74) is 1.08. The molecule has 14 heavy (non-hydrogen) atoms. The standard InChI is InChI=1S/C9H8BrN3S/c1-11-9-13-12-8(14-9)6-3-2-4-7(10)5-6/h2-5H,1H3,(H,11,13). The summed E-state index contributed by atoms with van der Waals surface area (Å²) in [5, 5.41) is 12.8. The fourth-order valence-corrected chi connectivity index (χ4v) is 2.15. The topological polar surface area (TPSA) is 37.8 Å². The number of halogens is 1. The maximum absolute atomic E-state index is 4.08. The molecular weight excluding hydrogens is 262 g/mol. The molecular formula is C9H8BrN3S. The second-order valence-electron chi connectivity index (χ2n) is 2.67. The molecule has 1 N–H and O–H groups in total. The van der Waals surface area contributed by atoms with Gasteiger partial charge >= 0.3 is 0 Å². The summed E-state index contributed by atoms with van der Waals surface area (Å²) >= 11 is 4.96. The van der Waals surface area contributed by atoms with Crippen LogP contribution in [-0.2, 0) is 0 Å². The summed E-state index contributed by atoms with van der Waals surface area (Å²) in [4.78, 5) is 0. The lowest BCUT2D eigenvalue weighted by Gasteiger charge is -1.94. The molecule has 2 aromatic rings. The number of hydrogen-bond acceptors (Lipinski definition) is 4. The number of aromatic nitrogens is 2. The summed E-state index contributed by atoms with van der Waals surface area (Å²) in [6, 6.07) is 8.02. The Balaban J connectivity index is 2.39. The molecule has 0 aliphatic rings. The van der Waals surface area contributed by atoms with E-state index in [-0.39, 0.29) is 0 Å². The van der Waals surface area contributed by atoms with E-state index in [1.165, 1.54) is 0 Å². The van der Waals surface area contributed by atoms with Crippen molar-refractivity contribution in [2.75, 3.05) is 12.4 Å². The van der Waals surface area contributed by atoms with E-state index < -0.39 is 0 Å². The summed E-state index contributed by atoms with van der Waals surface area (Å²) < 4.78 is 1.05. The Morgan fingerprint density at radius 3 is 2.86 bits per heavy atom. The van der Waals surface area contributed by atoms with Gasteiger partial charge in [-0.05, 0) is 12.1 Å². The summed E-state index contributed by atoms with van der Waals surface area (Å²) in [7, 11) is 1.84. The molecule has 0 amide bonds. The van der Waals surface area contributed by atoms with E-state index in [1.807, 2.05) is 31.3 Å². The predicted molar refractivity (Wildman–Crippen MR) is 62.6 cm³/mol. The van der Waals surface area contributed by atoms with Crippen LogP contribution in [0.4, 0.5) is 5.13 Å². The maximum Gasteiger partial charge on any atom is 0.205 e. The molecule has 0 saturated heterocycles. The zero-order valence-electron chi connectivity index (χ0n) is 7.49. The average molecular weight is 270 g/mol. The van der Waals surface area contributed by atoms with Gasteiger partial charge in [-0.3, -0.25) is 0 Å². The highest BCUT2D eigenvalue weighted by Gasteiger charge is 2.04. The zero-order chi connectivity index (χ0) is 9.97. The zero-order valence-corrected chi connectivity index (χ0v) is 9.89. The second-order valence-corrected chi connectivity index (χ2v) is 4.57. The third-order valence-electron chi connectivity index (χ3n) is 1.71. The summed E-state index contributed by atoms with van der Waals surface area (Å²) in [5.74, 6) is 0. The first-order valence-corrected chi connectivity index (χ1v) is 5.68. The highest BCUT2D eigenvalue weighted by atomic mass is 79.9. The van der Waals surface area contributed by atoms with Crippen LogP contribution in [0.3, 0.4) is 0 Å². The van der Waals surface area contributed by atoms with Gasteiger partial charge in [-0.2, -0.15) is 0 Å². The fraction of sp³-hybridized carbons (Fsp3) is 0.111. The molecule has 1 aromatic carbocycles. The number of rotatable bonds is 2. The summed E-state index contributed by atoms with van der Waals surface area (Å²) in [6.45, 7) is 0. The van der Waals surface area contributed by atoms with Crippen molar-refractivity contribution in [1.29, 1.82) is 0 Å². The lowest BCUT2D eigenvalue weighted by atomic mass is 10.2. The van der Waals surface area contributed by atoms with Gasteiger partial charge in [0.15, 0.2) is 0 Å². The number of hydrogen-bond donors (Lipinski definition) is 1. The molecule has 5 heteroatoms. The Morgan fingerprint density at radius 2 is 2.21 bits per heavy atom. The highest BCUT2D eigenvalue weighted by Crippen LogP contribution is 2.27. The van der Waals surface area contributed by atoms with Gasteiger partial charge in [0.25, 0.3) is 0 Å². The van der Waals surface area contributed by atoms with Crippen LogP contribution in [0.15, 0.2) is 28.7 Å². The molecule has 1 heterocycles. The van der Waals surface area contributed by atoms with E-state index in [1.54, 1.807) is 11.3 Å². The van der Waals surface area contributed by atoms with Gasteiger partial charge in [0.1, 0.15) is 5.01 Å². The monoisotopic (exact) mass is 269 g/mol. The smallest absolute Gasteiger partial charge is 0.205 e. The van der Waals surface area contributed by atoms with Gasteiger partial charge in [-0.1, -0.05) is 39.4 Å². The van der Waals surface area contributed by atoms with Crippen molar-refractivity contribution in [3.63, 3.8) is 0 Å². The SMILES string of the molecule is CNc1nnc(-c2cccc(Br)c2)s1. The minimum Gasteiger partial charge on any atom is -0.363 e. The molecule has 0 fully saturated rings. The Morgan fingerprint density at radius 1 is 1.36 bits per heavy atom. The minimum absolute atomic E-state index is 0.833. The van der Waals surface area contributed by atoms with Crippen LogP contribution in [0.1, 0.15) is 0 Å². The van der Waals surface area contributed by atoms with Crippen molar-refractivity contribution in [2.45, 2.75) is 0 Å². The van der Waals surface area contributed by atoms with Gasteiger partial charge in [-0.15, -0.1) is 10.2 Å². The Hall–Kier alpha value is -0.940. The van der Waals surface area contributed by atoms with Crippen LogP contribution in [-0.4, -0.2) is 17.2 Å². The first-order chi connectivity index (χ1) is 6.79. The van der Waals surface area contributed by atoms with Crippen molar-refractivity contribution >= 4 is 32.4 Å². The van der Waals surface area contributed by atoms with Gasteiger partial charge in [0.05, 0.1) is 0 Å². The van der Waals surface area contributed by atoms with Gasteiger partial charge in [0.2, 0.25) is 5.13 Å². The first kappa shape index (κ1) is 9.61. The molecule has 3 nitrogen and oxygen atoms in total. The lowest BCUT2D eigenvalue weighted by molar-refractivity contribution is 1.09. The van der Waals surface area contributed by atoms with Gasteiger partial charge in [0, 0.05) is 17.1 Å². The quantitative estimate of drug-likeness (QED) is 0.911. The maximum atomic E-state index is 4.08. The van der Waals surface area contributed by atoms with Crippen molar-refractivity contribution < 1.29 is 0 Å². The molecule has 0 bridgehead atoms. The van der Waals surface area contributed by atoms with E-state index in [4.69, 9.17) is 0 Å². The van der Waals surface area contributed by atoms with E-state index in [9.17, 15) is 0 Å². The van der Waals surface area contributed by atoms with Crippen LogP contribution >= 0.6 is 27.3 Å². The Bertz CT molecular complexity index is 441. The van der Waals surface area contributed by atoms with E-state index >= 15 is 0 Å². The van der Waals surface area contributed by atoms with Crippen LogP contribution in [0.2, 0.25) is 0 Å². The molecule has 0 atom stereocenters. The predicted octanol–water partition coefficient (Wildman–Crippen LogP) is 3.01. The average Bonchev–Trinajstić information content (AvgIpc) is 2.66. The first-order valence-electron chi connectivity index (χ1n) is 4.07. The van der Waals surface area contributed by atoms with Crippen molar-refractivity contribution in [2.24, 2.45) is 0 Å². The molecule has 0 aliphatic heterocycles. The largest absolute Gasteiger partial charge is 0.363 e. The highest BCUT2D eigenvalue weighted by molar-refractivity contribution is 9.10. The van der Waals surface area contributed by atoms with E-state index in [0.717, 1.165) is 20.2 Å². The number of nitrogens with one attached hydrogen (secondary N) is 1. The van der Waals surface area contributed by atoms with E-state index in [0.29, 0.717) is 0 Å². The number of anilines is 1. The third kappa shape index (κ3) is 1.93. The molecule has 1 aromatic heterocycles. The number of benzene rings is 1. The van der Waals surface area contributed by atoms with E-state index in [2.05, 4.69) is 31.4 Å². The van der Waals surface area contributed by atoms with Crippen molar-refractivity contribution in [1.82, 2.24) is 10.2 Å². The Kier molecular flexibility index (Phi) is 2.79. The molecule has 0 aliphatic carbocycles. The lowest BCUT2D eigenvalue weighted by Crippen LogP contribution is -1.84. The van der Waals surface area contributed by atoms with Crippen LogP contribution in [0.25, 0.3) is 10.6 Å². The van der Waals surface area contributed by atoms with Crippen molar-refractivity contribution in [3.05, 3.63) is 28.7 Å². The van der Waals surface area contributed by atoms with Gasteiger partial charge < -0.3 is 5.32 Å². The van der Waals surface area contributed by atoms with Gasteiger partial charge in [-0.25, -0.2) is 0 Å². The fourth-order valence-electron chi connectivity index (χ4n) is 1.06. The number of nitrogens with zero attached hydrogens (tertiary/aromatic N) is 2. The summed E-state index contributed by atoms with van der Waals surface area (Å²) in [6.07, 6.45) is 0. The van der Waals surface area contributed by atoms with Crippen LogP contribution in [0, 0.1) is 0 Å². The van der Waals surface area contributed by atoms with Crippen LogP contribution in [0.5, 0.6) is 0 Å². The van der Waals surface area contributed by atoms with Crippen molar-refractivity contribution in [3.8, 4) is 10.6 Å². The molecule has 0 unspecified atom stereocenters. The third-order valence-corrected chi connectivity index (χ3v) is 3.19. The minimum atomic E-state index is 0.833. The van der Waals surface area contributed by atoms with Crippen LogP contribution < -0.4 is 5.32 Å². The normalized spacial score (nSPS) is 10.1.